The van der Waals surface area contributed by atoms with Crippen LogP contribution in [0, 0.1) is 19.3 Å². The van der Waals surface area contributed by atoms with E-state index in [2.05, 4.69) is 10.3 Å². The molecule has 2 rings (SSSR count). The molecule has 1 heterocycles. The molecule has 21 heavy (non-hydrogen) atoms. The summed E-state index contributed by atoms with van der Waals surface area (Å²) in [6, 6.07) is 0. The second-order valence-electron chi connectivity index (χ2n) is 5.86. The summed E-state index contributed by atoms with van der Waals surface area (Å²) in [4.78, 5) is 26.2. The number of ether oxygens (including phenoxy) is 1. The van der Waals surface area contributed by atoms with E-state index >= 15 is 0 Å². The Labute approximate surface area is 123 Å². The fourth-order valence-corrected chi connectivity index (χ4v) is 2.67. The number of amides is 1. The molecule has 6 nitrogen and oxygen atoms in total. The van der Waals surface area contributed by atoms with Gasteiger partial charge in [0.25, 0.3) is 5.91 Å². The van der Waals surface area contributed by atoms with Gasteiger partial charge in [0.15, 0.2) is 0 Å². The number of aromatic nitrogens is 1. The highest BCUT2D eigenvalue weighted by molar-refractivity contribution is 6.00. The van der Waals surface area contributed by atoms with Crippen LogP contribution < -0.4 is 5.32 Å². The van der Waals surface area contributed by atoms with Gasteiger partial charge < -0.3 is 20.1 Å². The van der Waals surface area contributed by atoms with Gasteiger partial charge in [-0.05, 0) is 44.1 Å². The van der Waals surface area contributed by atoms with Crippen LogP contribution in [0.5, 0.6) is 0 Å². The molecule has 0 aromatic carbocycles. The molecule has 0 saturated heterocycles. The van der Waals surface area contributed by atoms with Crippen molar-refractivity contribution in [2.24, 2.45) is 5.41 Å². The zero-order valence-electron chi connectivity index (χ0n) is 12.7. The number of H-pyrrole nitrogens is 1. The van der Waals surface area contributed by atoms with Crippen LogP contribution >= 0.6 is 0 Å². The number of carboxylic acids is 1. The first-order valence-electron chi connectivity index (χ1n) is 7.10. The number of hydrogen-bond donors (Lipinski definition) is 3. The van der Waals surface area contributed by atoms with Crippen molar-refractivity contribution in [3.63, 3.8) is 0 Å². The first-order valence-corrected chi connectivity index (χ1v) is 7.10. The Kier molecular flexibility index (Phi) is 4.37. The Bertz CT molecular complexity index is 558. The molecule has 0 radical (unpaired) electrons. The average Bonchev–Trinajstić information content (AvgIpc) is 3.14. The van der Waals surface area contributed by atoms with Crippen LogP contribution in [0.4, 0.5) is 0 Å². The van der Waals surface area contributed by atoms with Crippen molar-refractivity contribution in [2.75, 3.05) is 20.3 Å². The van der Waals surface area contributed by atoms with Gasteiger partial charge in [0, 0.05) is 26.0 Å². The molecule has 116 valence electrons. The summed E-state index contributed by atoms with van der Waals surface area (Å²) in [5.74, 6) is -1.26. The molecule has 1 aliphatic carbocycles. The molecule has 1 aromatic heterocycles. The quantitative estimate of drug-likeness (QED) is 0.716. The van der Waals surface area contributed by atoms with E-state index in [-0.39, 0.29) is 17.0 Å². The van der Waals surface area contributed by atoms with E-state index in [1.165, 1.54) is 0 Å². The van der Waals surface area contributed by atoms with Crippen molar-refractivity contribution in [3.05, 3.63) is 22.5 Å². The molecule has 1 aromatic rings. The highest BCUT2D eigenvalue weighted by atomic mass is 16.5. The van der Waals surface area contributed by atoms with Crippen molar-refractivity contribution in [1.82, 2.24) is 10.3 Å². The lowest BCUT2D eigenvalue weighted by molar-refractivity contribution is 0.0690. The minimum atomic E-state index is -1.05. The SMILES string of the molecule is COCCC1(CNC(=O)c2c(C)[nH]c(C(=O)O)c2C)CC1. The number of carbonyl (C=O) groups excluding carboxylic acids is 1. The molecule has 1 fully saturated rings. The van der Waals surface area contributed by atoms with Gasteiger partial charge in [-0.1, -0.05) is 0 Å². The number of carbonyl (C=O) groups is 2. The summed E-state index contributed by atoms with van der Waals surface area (Å²) in [6.07, 6.45) is 3.14. The Hall–Kier alpha value is -1.82. The number of nitrogens with one attached hydrogen (secondary N) is 2. The van der Waals surface area contributed by atoms with Crippen LogP contribution in [-0.2, 0) is 4.74 Å². The average molecular weight is 294 g/mol. The van der Waals surface area contributed by atoms with E-state index in [0.717, 1.165) is 19.3 Å². The Morgan fingerprint density at radius 2 is 2.05 bits per heavy atom. The predicted molar refractivity (Wildman–Crippen MR) is 77.7 cm³/mol. The van der Waals surface area contributed by atoms with Crippen molar-refractivity contribution in [2.45, 2.75) is 33.1 Å². The first-order chi connectivity index (χ1) is 9.90. The third-order valence-electron chi connectivity index (χ3n) is 4.30. The molecule has 6 heteroatoms. The standard InChI is InChI=1S/C15H22N2O4/c1-9-11(10(2)17-12(9)14(19)20)13(18)16-8-15(4-5-15)6-7-21-3/h17H,4-8H2,1-3H3,(H,16,18)(H,19,20). The second kappa shape index (κ2) is 5.89. The largest absolute Gasteiger partial charge is 0.477 e. The summed E-state index contributed by atoms with van der Waals surface area (Å²) in [5, 5.41) is 12.0. The van der Waals surface area contributed by atoms with Gasteiger partial charge in [0.2, 0.25) is 0 Å². The molecular formula is C15H22N2O4. The minimum absolute atomic E-state index is 0.0816. The van der Waals surface area contributed by atoms with E-state index in [1.54, 1.807) is 21.0 Å². The topological polar surface area (TPSA) is 91.4 Å². The number of aromatic amines is 1. The van der Waals surface area contributed by atoms with Crippen LogP contribution in [0.15, 0.2) is 0 Å². The number of hydrogen-bond acceptors (Lipinski definition) is 3. The zero-order valence-corrected chi connectivity index (χ0v) is 12.7. The zero-order chi connectivity index (χ0) is 15.6. The molecule has 3 N–H and O–H groups in total. The normalized spacial score (nSPS) is 15.8. The molecule has 1 aliphatic rings. The highest BCUT2D eigenvalue weighted by Gasteiger charge is 2.42. The van der Waals surface area contributed by atoms with E-state index in [4.69, 9.17) is 9.84 Å². The molecule has 0 unspecified atom stereocenters. The third kappa shape index (κ3) is 3.26. The second-order valence-corrected chi connectivity index (χ2v) is 5.86. The molecule has 0 atom stereocenters. The Morgan fingerprint density at radius 3 is 2.52 bits per heavy atom. The third-order valence-corrected chi connectivity index (χ3v) is 4.30. The fourth-order valence-electron chi connectivity index (χ4n) is 2.67. The Balaban J connectivity index is 2.03. The van der Waals surface area contributed by atoms with E-state index in [9.17, 15) is 9.59 Å². The molecule has 1 saturated carbocycles. The number of methoxy groups -OCH3 is 1. The number of rotatable bonds is 7. The molecule has 0 aliphatic heterocycles. The van der Waals surface area contributed by atoms with Gasteiger partial charge in [-0.25, -0.2) is 4.79 Å². The van der Waals surface area contributed by atoms with Crippen LogP contribution in [-0.4, -0.2) is 42.2 Å². The fraction of sp³-hybridized carbons (Fsp3) is 0.600. The van der Waals surface area contributed by atoms with Crippen molar-refractivity contribution >= 4 is 11.9 Å². The number of carboxylic acid groups (broad SMARTS) is 1. The predicted octanol–water partition coefficient (Wildman–Crippen LogP) is 1.88. The van der Waals surface area contributed by atoms with Crippen molar-refractivity contribution < 1.29 is 19.4 Å². The van der Waals surface area contributed by atoms with Crippen LogP contribution in [0.2, 0.25) is 0 Å². The highest BCUT2D eigenvalue weighted by Crippen LogP contribution is 2.48. The lowest BCUT2D eigenvalue weighted by atomic mass is 10.0. The van der Waals surface area contributed by atoms with Crippen LogP contribution in [0.1, 0.15) is 51.4 Å². The summed E-state index contributed by atoms with van der Waals surface area (Å²) < 4.78 is 5.09. The minimum Gasteiger partial charge on any atom is -0.477 e. The summed E-state index contributed by atoms with van der Waals surface area (Å²) in [5.41, 5.74) is 1.76. The van der Waals surface area contributed by atoms with Gasteiger partial charge in [-0.15, -0.1) is 0 Å². The first kappa shape index (κ1) is 15.6. The maximum Gasteiger partial charge on any atom is 0.352 e. The summed E-state index contributed by atoms with van der Waals surface area (Å²) in [7, 11) is 1.68. The van der Waals surface area contributed by atoms with E-state index in [0.29, 0.717) is 30.0 Å². The van der Waals surface area contributed by atoms with Gasteiger partial charge in [-0.3, -0.25) is 4.79 Å². The number of aryl methyl sites for hydroxylation is 1. The van der Waals surface area contributed by atoms with Crippen molar-refractivity contribution in [1.29, 1.82) is 0 Å². The number of aromatic carboxylic acids is 1. The monoisotopic (exact) mass is 294 g/mol. The van der Waals surface area contributed by atoms with Gasteiger partial charge >= 0.3 is 5.97 Å². The maximum absolute atomic E-state index is 12.3. The van der Waals surface area contributed by atoms with Crippen molar-refractivity contribution in [3.8, 4) is 0 Å². The molecule has 0 spiro atoms. The molecule has 1 amide bonds. The van der Waals surface area contributed by atoms with E-state index in [1.807, 2.05) is 0 Å². The summed E-state index contributed by atoms with van der Waals surface area (Å²) >= 11 is 0. The van der Waals surface area contributed by atoms with Gasteiger partial charge in [-0.2, -0.15) is 0 Å². The van der Waals surface area contributed by atoms with E-state index < -0.39 is 5.97 Å². The lowest BCUT2D eigenvalue weighted by Gasteiger charge is -2.15. The Morgan fingerprint density at radius 1 is 1.38 bits per heavy atom. The van der Waals surface area contributed by atoms with Gasteiger partial charge in [0.1, 0.15) is 5.69 Å². The molecular weight excluding hydrogens is 272 g/mol. The van der Waals surface area contributed by atoms with Gasteiger partial charge in [0.05, 0.1) is 5.56 Å². The molecule has 0 bridgehead atoms. The van der Waals surface area contributed by atoms with Crippen LogP contribution in [0.25, 0.3) is 0 Å². The maximum atomic E-state index is 12.3. The van der Waals surface area contributed by atoms with Crippen LogP contribution in [0.3, 0.4) is 0 Å². The summed E-state index contributed by atoms with van der Waals surface area (Å²) in [6.45, 7) is 4.68. The smallest absolute Gasteiger partial charge is 0.352 e. The lowest BCUT2D eigenvalue weighted by Crippen LogP contribution is -2.31.